The Bertz CT molecular complexity index is 459. The highest BCUT2D eigenvalue weighted by Gasteiger charge is 2.08. The van der Waals surface area contributed by atoms with E-state index in [4.69, 9.17) is 11.6 Å². The van der Waals surface area contributed by atoms with E-state index in [-0.39, 0.29) is 16.7 Å². The number of aliphatic hydroxyl groups is 1. The summed E-state index contributed by atoms with van der Waals surface area (Å²) in [5.74, 6) is 0. The van der Waals surface area contributed by atoms with Crippen molar-refractivity contribution in [3.05, 3.63) is 34.2 Å². The summed E-state index contributed by atoms with van der Waals surface area (Å²) in [5, 5.41) is 16.5. The van der Waals surface area contributed by atoms with Crippen molar-refractivity contribution in [2.45, 2.75) is 32.4 Å². The predicted octanol–water partition coefficient (Wildman–Crippen LogP) is 1.66. The number of hydrogen-bond donors (Lipinski definition) is 2. The van der Waals surface area contributed by atoms with Gasteiger partial charge in [0.1, 0.15) is 5.02 Å². The van der Waals surface area contributed by atoms with Gasteiger partial charge in [-0.2, -0.15) is 5.10 Å². The zero-order valence-electron chi connectivity index (χ0n) is 10.4. The van der Waals surface area contributed by atoms with Crippen LogP contribution < -0.4 is 10.9 Å². The molecule has 1 heterocycles. The Morgan fingerprint density at radius 2 is 2.44 bits per heavy atom. The molecular weight excluding hydrogens is 254 g/mol. The highest BCUT2D eigenvalue weighted by atomic mass is 35.5. The Balaban J connectivity index is 2.70. The summed E-state index contributed by atoms with van der Waals surface area (Å²) in [7, 11) is 0. The van der Waals surface area contributed by atoms with E-state index in [9.17, 15) is 9.90 Å². The van der Waals surface area contributed by atoms with Crippen LogP contribution in [0.4, 0.5) is 5.69 Å². The Morgan fingerprint density at radius 1 is 1.72 bits per heavy atom. The van der Waals surface area contributed by atoms with Gasteiger partial charge in [0.2, 0.25) is 0 Å². The third-order valence-electron chi connectivity index (χ3n) is 2.55. The second-order valence-corrected chi connectivity index (χ2v) is 4.30. The van der Waals surface area contributed by atoms with E-state index in [2.05, 4.69) is 17.0 Å². The lowest BCUT2D eigenvalue weighted by molar-refractivity contribution is 0.164. The number of rotatable bonds is 7. The average Bonchev–Trinajstić information content (AvgIpc) is 2.37. The maximum Gasteiger partial charge on any atom is 0.287 e. The summed E-state index contributed by atoms with van der Waals surface area (Å²) < 4.78 is 1.24. The molecule has 0 aliphatic heterocycles. The lowest BCUT2D eigenvalue weighted by Gasteiger charge is -2.11. The second-order valence-electron chi connectivity index (χ2n) is 3.93. The van der Waals surface area contributed by atoms with Gasteiger partial charge in [-0.15, -0.1) is 6.58 Å². The van der Waals surface area contributed by atoms with Gasteiger partial charge in [-0.1, -0.05) is 24.6 Å². The fourth-order valence-electron chi connectivity index (χ4n) is 1.42. The maximum atomic E-state index is 11.8. The second kappa shape index (κ2) is 7.18. The van der Waals surface area contributed by atoms with Gasteiger partial charge in [0.05, 0.1) is 24.5 Å². The molecule has 0 saturated heterocycles. The normalized spacial score (nSPS) is 12.2. The lowest BCUT2D eigenvalue weighted by Crippen LogP contribution is -2.24. The van der Waals surface area contributed by atoms with Gasteiger partial charge in [0.25, 0.3) is 5.56 Å². The van der Waals surface area contributed by atoms with E-state index < -0.39 is 0 Å². The van der Waals surface area contributed by atoms with Crippen LogP contribution in [0.25, 0.3) is 0 Å². The zero-order chi connectivity index (χ0) is 13.5. The van der Waals surface area contributed by atoms with Gasteiger partial charge >= 0.3 is 0 Å². The van der Waals surface area contributed by atoms with Gasteiger partial charge in [0.15, 0.2) is 0 Å². The molecule has 0 amide bonds. The van der Waals surface area contributed by atoms with Crippen molar-refractivity contribution in [2.24, 2.45) is 0 Å². The van der Waals surface area contributed by atoms with Crippen LogP contribution in [-0.4, -0.2) is 27.5 Å². The molecule has 0 aliphatic carbocycles. The standard InChI is InChI=1S/C12H18ClN3O2/c1-3-7-16-12(18)11(13)10(8-15-16)14-6-5-9(17)4-2/h3,8-9,14,17H,1,4-7H2,2H3. The summed E-state index contributed by atoms with van der Waals surface area (Å²) in [6, 6.07) is 0. The topological polar surface area (TPSA) is 67.2 Å². The maximum absolute atomic E-state index is 11.8. The summed E-state index contributed by atoms with van der Waals surface area (Å²) in [6.07, 6.45) is 4.04. The van der Waals surface area contributed by atoms with Crippen LogP contribution in [0.5, 0.6) is 0 Å². The van der Waals surface area contributed by atoms with E-state index in [1.807, 2.05) is 6.92 Å². The van der Waals surface area contributed by atoms with Crippen molar-refractivity contribution in [1.29, 1.82) is 0 Å². The van der Waals surface area contributed by atoms with Crippen LogP contribution in [0.3, 0.4) is 0 Å². The largest absolute Gasteiger partial charge is 0.393 e. The first-order chi connectivity index (χ1) is 8.60. The lowest BCUT2D eigenvalue weighted by atomic mass is 10.2. The quantitative estimate of drug-likeness (QED) is 0.740. The first-order valence-corrected chi connectivity index (χ1v) is 6.26. The SMILES string of the molecule is C=CCn1ncc(NCCC(O)CC)c(Cl)c1=O. The highest BCUT2D eigenvalue weighted by molar-refractivity contribution is 6.32. The summed E-state index contributed by atoms with van der Waals surface area (Å²) in [4.78, 5) is 11.8. The van der Waals surface area contributed by atoms with Crippen LogP contribution in [-0.2, 0) is 6.54 Å². The number of anilines is 1. The number of nitrogens with zero attached hydrogens (tertiary/aromatic N) is 2. The number of nitrogens with one attached hydrogen (secondary N) is 1. The van der Waals surface area contributed by atoms with Gasteiger partial charge in [-0.3, -0.25) is 4.79 Å². The van der Waals surface area contributed by atoms with Crippen molar-refractivity contribution in [2.75, 3.05) is 11.9 Å². The number of hydrogen-bond acceptors (Lipinski definition) is 4. The molecule has 1 unspecified atom stereocenters. The highest BCUT2D eigenvalue weighted by Crippen LogP contribution is 2.15. The molecule has 0 aromatic carbocycles. The third-order valence-corrected chi connectivity index (χ3v) is 2.92. The van der Waals surface area contributed by atoms with E-state index in [0.717, 1.165) is 0 Å². The van der Waals surface area contributed by atoms with E-state index in [1.54, 1.807) is 6.08 Å². The minimum absolute atomic E-state index is 0.109. The molecule has 1 atom stereocenters. The van der Waals surface area contributed by atoms with Gasteiger partial charge in [0, 0.05) is 6.54 Å². The molecule has 2 N–H and O–H groups in total. The zero-order valence-corrected chi connectivity index (χ0v) is 11.2. The molecule has 0 spiro atoms. The van der Waals surface area contributed by atoms with Crippen LogP contribution in [0.1, 0.15) is 19.8 Å². The molecular formula is C12H18ClN3O2. The number of aliphatic hydroxyl groups excluding tert-OH is 1. The average molecular weight is 272 g/mol. The molecule has 100 valence electrons. The van der Waals surface area contributed by atoms with Crippen molar-refractivity contribution in [3.8, 4) is 0 Å². The van der Waals surface area contributed by atoms with Gasteiger partial charge in [-0.25, -0.2) is 4.68 Å². The summed E-state index contributed by atoms with van der Waals surface area (Å²) >= 11 is 5.95. The smallest absolute Gasteiger partial charge is 0.287 e. The van der Waals surface area contributed by atoms with Crippen molar-refractivity contribution in [1.82, 2.24) is 9.78 Å². The Kier molecular flexibility index (Phi) is 5.88. The molecule has 1 aromatic heterocycles. The first-order valence-electron chi connectivity index (χ1n) is 5.88. The van der Waals surface area contributed by atoms with E-state index in [0.29, 0.717) is 31.6 Å². The van der Waals surface area contributed by atoms with Crippen molar-refractivity contribution < 1.29 is 5.11 Å². The molecule has 6 heteroatoms. The van der Waals surface area contributed by atoms with Crippen LogP contribution in [0.15, 0.2) is 23.6 Å². The minimum Gasteiger partial charge on any atom is -0.393 e. The fourth-order valence-corrected chi connectivity index (χ4v) is 1.63. The molecule has 18 heavy (non-hydrogen) atoms. The van der Waals surface area contributed by atoms with Gasteiger partial charge in [-0.05, 0) is 12.8 Å². The molecule has 0 aliphatic rings. The third kappa shape index (κ3) is 3.85. The van der Waals surface area contributed by atoms with Crippen molar-refractivity contribution >= 4 is 17.3 Å². The van der Waals surface area contributed by atoms with Gasteiger partial charge < -0.3 is 10.4 Å². The summed E-state index contributed by atoms with van der Waals surface area (Å²) in [5.41, 5.74) is 0.142. The predicted molar refractivity (Wildman–Crippen MR) is 73.1 cm³/mol. The number of aromatic nitrogens is 2. The van der Waals surface area contributed by atoms with Crippen LogP contribution in [0, 0.1) is 0 Å². The molecule has 1 aromatic rings. The minimum atomic E-state index is -0.349. The number of halogens is 1. The Morgan fingerprint density at radius 3 is 3.06 bits per heavy atom. The molecule has 0 fully saturated rings. The summed E-state index contributed by atoms with van der Waals surface area (Å²) in [6.45, 7) is 6.32. The first kappa shape index (κ1) is 14.7. The fraction of sp³-hybridized carbons (Fsp3) is 0.500. The van der Waals surface area contributed by atoms with E-state index in [1.165, 1.54) is 10.9 Å². The Hall–Kier alpha value is -1.33. The van der Waals surface area contributed by atoms with Crippen molar-refractivity contribution in [3.63, 3.8) is 0 Å². The van der Waals surface area contributed by atoms with Crippen LogP contribution >= 0.6 is 11.6 Å². The molecule has 0 bridgehead atoms. The monoisotopic (exact) mass is 271 g/mol. The van der Waals surface area contributed by atoms with E-state index >= 15 is 0 Å². The molecule has 0 radical (unpaired) electrons. The molecule has 1 rings (SSSR count). The molecule has 0 saturated carbocycles. The Labute approximate surface area is 111 Å². The van der Waals surface area contributed by atoms with Crippen LogP contribution in [0.2, 0.25) is 5.02 Å². The number of allylic oxidation sites excluding steroid dienone is 1. The molecule has 5 nitrogen and oxygen atoms in total.